The summed E-state index contributed by atoms with van der Waals surface area (Å²) in [4.78, 5) is 2.00. The SMILES string of the molecule is NS(=O)(=O)C1=CC=CN2CC=CC=C12. The molecule has 0 saturated carbocycles. The maximum absolute atomic E-state index is 11.2. The van der Waals surface area contributed by atoms with E-state index in [0.29, 0.717) is 12.2 Å². The van der Waals surface area contributed by atoms with Crippen LogP contribution in [0.1, 0.15) is 0 Å². The van der Waals surface area contributed by atoms with Crippen LogP contribution < -0.4 is 5.14 Å². The molecule has 0 aliphatic carbocycles. The maximum atomic E-state index is 11.2. The Morgan fingerprint density at radius 3 is 2.79 bits per heavy atom. The van der Waals surface area contributed by atoms with Crippen LogP contribution in [0.25, 0.3) is 0 Å². The number of fused-ring (bicyclic) bond motifs is 1. The molecule has 2 heterocycles. The summed E-state index contributed by atoms with van der Waals surface area (Å²) < 4.78 is 22.5. The highest BCUT2D eigenvalue weighted by atomic mass is 32.2. The van der Waals surface area contributed by atoms with Gasteiger partial charge >= 0.3 is 0 Å². The molecular formula is C9H10N2O2S. The van der Waals surface area contributed by atoms with Crippen LogP contribution in [0.2, 0.25) is 0 Å². The van der Waals surface area contributed by atoms with E-state index in [-0.39, 0.29) is 4.91 Å². The number of nitrogens with zero attached hydrogens (tertiary/aromatic N) is 1. The van der Waals surface area contributed by atoms with Crippen LogP contribution in [-0.2, 0) is 10.0 Å². The average Bonchev–Trinajstić information content (AvgIpc) is 2.15. The summed E-state index contributed by atoms with van der Waals surface area (Å²) in [5.74, 6) is 0. The molecule has 4 nitrogen and oxygen atoms in total. The van der Waals surface area contributed by atoms with Crippen molar-refractivity contribution in [2.45, 2.75) is 0 Å². The van der Waals surface area contributed by atoms with Crippen molar-refractivity contribution in [3.63, 3.8) is 0 Å². The molecule has 0 saturated heterocycles. The molecule has 74 valence electrons. The fraction of sp³-hybridized carbons (Fsp3) is 0.111. The minimum absolute atomic E-state index is 0.171. The molecule has 2 rings (SSSR count). The topological polar surface area (TPSA) is 63.4 Å². The van der Waals surface area contributed by atoms with Gasteiger partial charge in [0.2, 0.25) is 10.0 Å². The predicted molar refractivity (Wildman–Crippen MR) is 54.3 cm³/mol. The van der Waals surface area contributed by atoms with E-state index in [1.807, 2.05) is 23.3 Å². The van der Waals surface area contributed by atoms with Crippen LogP contribution >= 0.6 is 0 Å². The summed E-state index contributed by atoms with van der Waals surface area (Å²) in [5, 5.41) is 5.10. The van der Waals surface area contributed by atoms with Gasteiger partial charge in [0.1, 0.15) is 4.91 Å². The van der Waals surface area contributed by atoms with Gasteiger partial charge in [0.05, 0.1) is 5.70 Å². The number of primary sulfonamides is 1. The van der Waals surface area contributed by atoms with Gasteiger partial charge in [0, 0.05) is 12.7 Å². The summed E-state index contributed by atoms with van der Waals surface area (Å²) in [6.07, 6.45) is 10.5. The second-order valence-corrected chi connectivity index (χ2v) is 4.58. The molecule has 0 radical (unpaired) electrons. The Labute approximate surface area is 82.7 Å². The number of allylic oxidation sites excluding steroid dienone is 4. The highest BCUT2D eigenvalue weighted by Gasteiger charge is 2.23. The summed E-state index contributed by atoms with van der Waals surface area (Å²) >= 11 is 0. The van der Waals surface area contributed by atoms with Crippen LogP contribution in [0.4, 0.5) is 0 Å². The molecule has 0 aromatic heterocycles. The molecule has 0 unspecified atom stereocenters. The van der Waals surface area contributed by atoms with Crippen LogP contribution in [-0.4, -0.2) is 19.9 Å². The predicted octanol–water partition coefficient (Wildman–Crippen LogP) is 0.442. The lowest BCUT2D eigenvalue weighted by Gasteiger charge is -2.27. The van der Waals surface area contributed by atoms with Gasteiger partial charge in [-0.05, 0) is 18.2 Å². The van der Waals surface area contributed by atoms with E-state index in [0.717, 1.165) is 0 Å². The van der Waals surface area contributed by atoms with Gasteiger partial charge in [-0.1, -0.05) is 12.2 Å². The zero-order valence-electron chi connectivity index (χ0n) is 7.42. The number of hydrogen-bond donors (Lipinski definition) is 1. The van der Waals surface area contributed by atoms with Gasteiger partial charge in [0.25, 0.3) is 0 Å². The Morgan fingerprint density at radius 2 is 2.07 bits per heavy atom. The van der Waals surface area contributed by atoms with Crippen molar-refractivity contribution in [3.8, 4) is 0 Å². The number of rotatable bonds is 1. The lowest BCUT2D eigenvalue weighted by Crippen LogP contribution is -2.28. The van der Waals surface area contributed by atoms with Crippen LogP contribution in [0.5, 0.6) is 0 Å². The molecule has 14 heavy (non-hydrogen) atoms. The first-order chi connectivity index (χ1) is 6.59. The van der Waals surface area contributed by atoms with Crippen molar-refractivity contribution in [2.24, 2.45) is 5.14 Å². The highest BCUT2D eigenvalue weighted by molar-refractivity contribution is 7.93. The van der Waals surface area contributed by atoms with Crippen molar-refractivity contribution < 1.29 is 8.42 Å². The van der Waals surface area contributed by atoms with E-state index in [1.54, 1.807) is 12.2 Å². The van der Waals surface area contributed by atoms with Gasteiger partial charge in [-0.25, -0.2) is 13.6 Å². The van der Waals surface area contributed by atoms with Crippen LogP contribution in [0, 0.1) is 0 Å². The summed E-state index contributed by atoms with van der Waals surface area (Å²) in [5.41, 5.74) is 0.637. The fourth-order valence-electron chi connectivity index (χ4n) is 1.45. The number of sulfonamides is 1. The molecule has 0 aromatic carbocycles. The van der Waals surface area contributed by atoms with E-state index in [2.05, 4.69) is 0 Å². The van der Waals surface area contributed by atoms with E-state index in [9.17, 15) is 8.42 Å². The monoisotopic (exact) mass is 210 g/mol. The lowest BCUT2D eigenvalue weighted by atomic mass is 10.2. The quantitative estimate of drug-likeness (QED) is 0.683. The third-order valence-corrected chi connectivity index (χ3v) is 3.03. The standard InChI is InChI=1S/C9H10N2O2S/c10-14(12,13)9-5-3-7-11-6-2-1-4-8(9)11/h1-5,7H,6H2,(H2,10,12,13). The van der Waals surface area contributed by atoms with E-state index in [1.165, 1.54) is 6.08 Å². The second-order valence-electron chi connectivity index (χ2n) is 3.05. The van der Waals surface area contributed by atoms with Crippen molar-refractivity contribution in [3.05, 3.63) is 47.2 Å². The molecule has 2 aliphatic rings. The molecule has 0 spiro atoms. The minimum Gasteiger partial charge on any atom is -0.343 e. The first-order valence-corrected chi connectivity index (χ1v) is 5.69. The van der Waals surface area contributed by atoms with Crippen molar-refractivity contribution in [2.75, 3.05) is 6.54 Å². The van der Waals surface area contributed by atoms with Gasteiger partial charge < -0.3 is 4.90 Å². The summed E-state index contributed by atoms with van der Waals surface area (Å²) in [6, 6.07) is 0. The maximum Gasteiger partial charge on any atom is 0.240 e. The Kier molecular flexibility index (Phi) is 2.05. The fourth-order valence-corrected chi connectivity index (χ4v) is 2.20. The van der Waals surface area contributed by atoms with Crippen molar-refractivity contribution >= 4 is 10.0 Å². The molecule has 0 aromatic rings. The smallest absolute Gasteiger partial charge is 0.240 e. The first kappa shape index (κ1) is 9.23. The third-order valence-electron chi connectivity index (χ3n) is 2.07. The number of nitrogens with two attached hydrogens (primary N) is 1. The second kappa shape index (κ2) is 3.11. The van der Waals surface area contributed by atoms with E-state index in [4.69, 9.17) is 5.14 Å². The van der Waals surface area contributed by atoms with Gasteiger partial charge in [-0.3, -0.25) is 0 Å². The molecule has 0 amide bonds. The molecule has 0 fully saturated rings. The molecule has 2 aliphatic heterocycles. The van der Waals surface area contributed by atoms with Gasteiger partial charge in [-0.2, -0.15) is 0 Å². The minimum atomic E-state index is -3.63. The lowest BCUT2D eigenvalue weighted by molar-refractivity contribution is 0.517. The first-order valence-electron chi connectivity index (χ1n) is 4.14. The molecule has 2 N–H and O–H groups in total. The van der Waals surface area contributed by atoms with Crippen molar-refractivity contribution in [1.82, 2.24) is 4.90 Å². The Bertz CT molecular complexity index is 469. The van der Waals surface area contributed by atoms with E-state index >= 15 is 0 Å². The molecular weight excluding hydrogens is 200 g/mol. The Morgan fingerprint density at radius 1 is 1.29 bits per heavy atom. The normalized spacial score (nSPS) is 20.2. The zero-order valence-corrected chi connectivity index (χ0v) is 8.24. The molecule has 0 bridgehead atoms. The Hall–Kier alpha value is -1.33. The van der Waals surface area contributed by atoms with Crippen LogP contribution in [0.15, 0.2) is 47.2 Å². The molecule has 0 atom stereocenters. The highest BCUT2D eigenvalue weighted by Crippen LogP contribution is 2.25. The summed E-state index contributed by atoms with van der Waals surface area (Å²) in [6.45, 7) is 0.676. The largest absolute Gasteiger partial charge is 0.343 e. The number of hydrogen-bond acceptors (Lipinski definition) is 3. The van der Waals surface area contributed by atoms with Crippen molar-refractivity contribution in [1.29, 1.82) is 0 Å². The average molecular weight is 210 g/mol. The molecule has 5 heteroatoms. The third kappa shape index (κ3) is 1.51. The van der Waals surface area contributed by atoms with E-state index < -0.39 is 10.0 Å². The summed E-state index contributed by atoms with van der Waals surface area (Å²) in [7, 11) is -3.63. The van der Waals surface area contributed by atoms with Gasteiger partial charge in [-0.15, -0.1) is 0 Å². The zero-order chi connectivity index (χ0) is 10.2. The Balaban J connectivity index is 2.52. The van der Waals surface area contributed by atoms with Gasteiger partial charge in [0.15, 0.2) is 0 Å². The van der Waals surface area contributed by atoms with Crippen LogP contribution in [0.3, 0.4) is 0 Å².